The molecule has 0 aromatic heterocycles. The van der Waals surface area contributed by atoms with Crippen molar-refractivity contribution >= 4 is 25.5 Å². The van der Waals surface area contributed by atoms with E-state index in [0.717, 1.165) is 10.4 Å². The maximum absolute atomic E-state index is 12.4. The molecule has 1 atom stereocenters. The first kappa shape index (κ1) is 15.9. The topological polar surface area (TPSA) is 115 Å². The summed E-state index contributed by atoms with van der Waals surface area (Å²) in [6.45, 7) is 0. The maximum Gasteiger partial charge on any atom is 0.270 e. The van der Waals surface area contributed by atoms with Crippen molar-refractivity contribution in [3.63, 3.8) is 0 Å². The van der Waals surface area contributed by atoms with E-state index in [-0.39, 0.29) is 28.5 Å². The fourth-order valence-corrected chi connectivity index (χ4v) is 5.48. The molecule has 1 heterocycles. The summed E-state index contributed by atoms with van der Waals surface area (Å²) in [6, 6.07) is 4.06. The van der Waals surface area contributed by atoms with Gasteiger partial charge in [0.25, 0.3) is 5.69 Å². The van der Waals surface area contributed by atoms with Crippen LogP contribution in [0.3, 0.4) is 0 Å². The third-order valence-corrected chi connectivity index (χ3v) is 7.08. The molecule has 1 fully saturated rings. The molecule has 10 heteroatoms. The van der Waals surface area contributed by atoms with Crippen LogP contribution in [0.4, 0.5) is 5.69 Å². The smallest absolute Gasteiger partial charge is 0.258 e. The number of hydrogen-bond donors (Lipinski definition) is 0. The average molecular weight is 334 g/mol. The van der Waals surface area contributed by atoms with E-state index in [4.69, 9.17) is 0 Å². The average Bonchev–Trinajstić information content (AvgIpc) is 2.78. The molecule has 1 saturated heterocycles. The van der Waals surface area contributed by atoms with Crippen molar-refractivity contribution in [3.05, 3.63) is 34.4 Å². The number of benzene rings is 1. The van der Waals surface area contributed by atoms with Crippen LogP contribution in [-0.2, 0) is 19.9 Å². The molecule has 1 aliphatic rings. The van der Waals surface area contributed by atoms with Gasteiger partial charge in [-0.05, 0) is 12.5 Å². The zero-order valence-corrected chi connectivity index (χ0v) is 12.8. The number of sulfonamides is 1. The third kappa shape index (κ3) is 3.22. The fraction of sp³-hybridized carbons (Fsp3) is 0.455. The van der Waals surface area contributed by atoms with Crippen LogP contribution in [0.25, 0.3) is 0 Å². The first-order valence-corrected chi connectivity index (χ1v) is 9.32. The van der Waals surface area contributed by atoms with Gasteiger partial charge in [-0.1, -0.05) is 6.07 Å². The summed E-state index contributed by atoms with van der Waals surface area (Å²) in [5, 5.41) is 10.7. The van der Waals surface area contributed by atoms with Crippen LogP contribution < -0.4 is 0 Å². The molecule has 1 aromatic rings. The summed E-state index contributed by atoms with van der Waals surface area (Å²) < 4.78 is 48.7. The van der Waals surface area contributed by atoms with Crippen LogP contribution in [0.15, 0.2) is 29.2 Å². The van der Waals surface area contributed by atoms with Crippen molar-refractivity contribution in [2.75, 3.05) is 18.6 Å². The second-order valence-electron chi connectivity index (χ2n) is 4.83. The van der Waals surface area contributed by atoms with Gasteiger partial charge in [-0.15, -0.1) is 0 Å². The van der Waals surface area contributed by atoms with Gasteiger partial charge < -0.3 is 0 Å². The van der Waals surface area contributed by atoms with E-state index in [1.807, 2.05) is 0 Å². The van der Waals surface area contributed by atoms with E-state index < -0.39 is 30.8 Å². The number of non-ortho nitro benzene ring substituents is 1. The van der Waals surface area contributed by atoms with E-state index >= 15 is 0 Å². The highest BCUT2D eigenvalue weighted by molar-refractivity contribution is 7.92. The van der Waals surface area contributed by atoms with Crippen LogP contribution in [-0.4, -0.2) is 50.7 Å². The van der Waals surface area contributed by atoms with Gasteiger partial charge in [0.15, 0.2) is 9.84 Å². The molecule has 21 heavy (non-hydrogen) atoms. The van der Waals surface area contributed by atoms with Gasteiger partial charge in [-0.25, -0.2) is 16.8 Å². The molecule has 1 aromatic carbocycles. The first-order chi connectivity index (χ1) is 9.63. The molecule has 1 aliphatic heterocycles. The van der Waals surface area contributed by atoms with Crippen LogP contribution in [0.1, 0.15) is 6.42 Å². The molecule has 0 aliphatic carbocycles. The Hall–Kier alpha value is -1.52. The van der Waals surface area contributed by atoms with Gasteiger partial charge in [0.05, 0.1) is 21.3 Å². The van der Waals surface area contributed by atoms with Gasteiger partial charge in [-0.3, -0.25) is 10.1 Å². The van der Waals surface area contributed by atoms with E-state index in [2.05, 4.69) is 0 Å². The molecule has 116 valence electrons. The van der Waals surface area contributed by atoms with Crippen LogP contribution in [0, 0.1) is 10.1 Å². The molecule has 0 N–H and O–H groups in total. The Labute approximate surface area is 122 Å². The molecule has 0 saturated carbocycles. The van der Waals surface area contributed by atoms with Gasteiger partial charge >= 0.3 is 0 Å². The Kier molecular flexibility index (Phi) is 4.04. The van der Waals surface area contributed by atoms with Crippen molar-refractivity contribution in [3.8, 4) is 0 Å². The summed E-state index contributed by atoms with van der Waals surface area (Å²) in [6.07, 6.45) is 0.229. The van der Waals surface area contributed by atoms with E-state index in [1.54, 1.807) is 0 Å². The van der Waals surface area contributed by atoms with E-state index in [0.29, 0.717) is 0 Å². The standard InChI is InChI=1S/C11H14N2O6S2/c1-12(10-5-6-20(16,17)8-10)21(18,19)11-4-2-3-9(7-11)13(14)15/h2-4,7,10H,5-6,8H2,1H3/t10-/m0/s1. The normalized spacial score (nSPS) is 21.5. The number of nitro benzene ring substituents is 1. The number of rotatable bonds is 4. The lowest BCUT2D eigenvalue weighted by Gasteiger charge is -2.22. The van der Waals surface area contributed by atoms with Crippen molar-refractivity contribution in [2.24, 2.45) is 0 Å². The number of nitro groups is 1. The molecular formula is C11H14N2O6S2. The van der Waals surface area contributed by atoms with Crippen LogP contribution in [0.5, 0.6) is 0 Å². The maximum atomic E-state index is 12.4. The molecule has 0 bridgehead atoms. The minimum atomic E-state index is -3.96. The third-order valence-electron chi connectivity index (χ3n) is 3.43. The number of sulfone groups is 1. The molecule has 0 radical (unpaired) electrons. The molecular weight excluding hydrogens is 320 g/mol. The number of nitrogens with zero attached hydrogens (tertiary/aromatic N) is 2. The lowest BCUT2D eigenvalue weighted by Crippen LogP contribution is -2.37. The summed E-state index contributed by atoms with van der Waals surface area (Å²) in [4.78, 5) is 9.81. The van der Waals surface area contributed by atoms with E-state index in [9.17, 15) is 26.9 Å². The largest absolute Gasteiger partial charge is 0.270 e. The molecule has 2 rings (SSSR count). The fourth-order valence-electron chi connectivity index (χ4n) is 2.18. The summed E-state index contributed by atoms with van der Waals surface area (Å²) >= 11 is 0. The highest BCUT2D eigenvalue weighted by atomic mass is 32.2. The van der Waals surface area contributed by atoms with Crippen LogP contribution >= 0.6 is 0 Å². The minimum absolute atomic E-state index is 0.0491. The van der Waals surface area contributed by atoms with Gasteiger partial charge in [0, 0.05) is 25.2 Å². The summed E-state index contributed by atoms with van der Waals surface area (Å²) in [7, 11) is -5.89. The van der Waals surface area contributed by atoms with Gasteiger partial charge in [-0.2, -0.15) is 4.31 Å². The predicted octanol–water partition coefficient (Wildman–Crippen LogP) is 0.402. The Morgan fingerprint density at radius 1 is 1.38 bits per heavy atom. The highest BCUT2D eigenvalue weighted by Crippen LogP contribution is 2.25. The Bertz CT molecular complexity index is 772. The SMILES string of the molecule is CN([C@H]1CCS(=O)(=O)C1)S(=O)(=O)c1cccc([N+](=O)[O-])c1. The van der Waals surface area contributed by atoms with Crippen molar-refractivity contribution in [1.29, 1.82) is 0 Å². The Morgan fingerprint density at radius 3 is 2.57 bits per heavy atom. The second kappa shape index (κ2) is 5.35. The van der Waals surface area contributed by atoms with Crippen molar-refractivity contribution < 1.29 is 21.8 Å². The first-order valence-electron chi connectivity index (χ1n) is 6.06. The van der Waals surface area contributed by atoms with Crippen molar-refractivity contribution in [1.82, 2.24) is 4.31 Å². The monoisotopic (exact) mass is 334 g/mol. The second-order valence-corrected chi connectivity index (χ2v) is 9.06. The zero-order valence-electron chi connectivity index (χ0n) is 11.2. The number of hydrogen-bond acceptors (Lipinski definition) is 6. The highest BCUT2D eigenvalue weighted by Gasteiger charge is 2.36. The Balaban J connectivity index is 2.34. The van der Waals surface area contributed by atoms with Gasteiger partial charge in [0.1, 0.15) is 0 Å². The molecule has 8 nitrogen and oxygen atoms in total. The van der Waals surface area contributed by atoms with Crippen LogP contribution in [0.2, 0.25) is 0 Å². The predicted molar refractivity (Wildman–Crippen MR) is 75.1 cm³/mol. The summed E-state index contributed by atoms with van der Waals surface area (Å²) in [5.74, 6) is -0.274. The van der Waals surface area contributed by atoms with Crippen molar-refractivity contribution in [2.45, 2.75) is 17.4 Å². The lowest BCUT2D eigenvalue weighted by molar-refractivity contribution is -0.385. The lowest BCUT2D eigenvalue weighted by atomic mass is 10.3. The zero-order chi connectivity index (χ0) is 15.8. The van der Waals surface area contributed by atoms with Gasteiger partial charge in [0.2, 0.25) is 10.0 Å². The minimum Gasteiger partial charge on any atom is -0.258 e. The van der Waals surface area contributed by atoms with E-state index in [1.165, 1.54) is 25.2 Å². The quantitative estimate of drug-likeness (QED) is 0.581. The molecule has 0 unspecified atom stereocenters. The summed E-state index contributed by atoms with van der Waals surface area (Å²) in [5.41, 5.74) is -0.330. The Morgan fingerprint density at radius 2 is 2.05 bits per heavy atom. The molecule has 0 spiro atoms. The molecule has 0 amide bonds.